The van der Waals surface area contributed by atoms with Crippen LogP contribution in [0, 0.1) is 0 Å². The molecule has 3 rings (SSSR count). The molecule has 24 heavy (non-hydrogen) atoms. The Labute approximate surface area is 145 Å². The Bertz CT molecular complexity index is 814. The summed E-state index contributed by atoms with van der Waals surface area (Å²) in [5.74, 6) is 0.146. The fraction of sp³-hybridized carbons (Fsp3) is 0.500. The number of para-hydroxylation sites is 2. The smallest absolute Gasteiger partial charge is 0.257 e. The van der Waals surface area contributed by atoms with Crippen molar-refractivity contribution in [3.8, 4) is 0 Å². The summed E-state index contributed by atoms with van der Waals surface area (Å²) in [5, 5.41) is 0.0634. The zero-order chi connectivity index (χ0) is 17.3. The van der Waals surface area contributed by atoms with Gasteiger partial charge in [-0.3, -0.25) is 4.79 Å². The van der Waals surface area contributed by atoms with Crippen LogP contribution in [0.3, 0.4) is 0 Å². The van der Waals surface area contributed by atoms with Gasteiger partial charge in [-0.1, -0.05) is 23.9 Å². The number of aromatic nitrogens is 1. The molecule has 1 saturated heterocycles. The highest BCUT2D eigenvalue weighted by molar-refractivity contribution is 8.00. The number of oxazole rings is 1. The molecular weight excluding hydrogens is 348 g/mol. The number of carbonyl (C=O) groups is 1. The molecule has 0 radical (unpaired) electrons. The van der Waals surface area contributed by atoms with Gasteiger partial charge >= 0.3 is 0 Å². The summed E-state index contributed by atoms with van der Waals surface area (Å²) in [6, 6.07) is 7.22. The van der Waals surface area contributed by atoms with E-state index >= 15 is 0 Å². The molecule has 1 aliphatic rings. The summed E-state index contributed by atoms with van der Waals surface area (Å²) in [6.45, 7) is 4.17. The first-order valence-electron chi connectivity index (χ1n) is 7.93. The van der Waals surface area contributed by atoms with E-state index in [1.165, 1.54) is 11.8 Å². The molecule has 1 aliphatic heterocycles. The summed E-state index contributed by atoms with van der Waals surface area (Å²) in [7, 11) is -3.02. The van der Waals surface area contributed by atoms with Gasteiger partial charge in [0, 0.05) is 12.6 Å². The average molecular weight is 368 g/mol. The lowest BCUT2D eigenvalue weighted by atomic mass is 10.2. The van der Waals surface area contributed by atoms with E-state index in [1.54, 1.807) is 11.8 Å². The second-order valence-electron chi connectivity index (χ2n) is 5.89. The molecule has 0 bridgehead atoms. The standard InChI is InChI=1S/C16H20N2O4S2/c1-3-18(12-8-9-24(20,21)10-12)15(19)11(2)23-16-17-13-6-4-5-7-14(13)22-16/h4-7,11-12H,3,8-10H2,1-2H3. The van der Waals surface area contributed by atoms with E-state index < -0.39 is 9.84 Å². The van der Waals surface area contributed by atoms with Crippen LogP contribution in [-0.4, -0.2) is 53.6 Å². The van der Waals surface area contributed by atoms with Crippen LogP contribution in [0.25, 0.3) is 11.1 Å². The maximum atomic E-state index is 12.7. The van der Waals surface area contributed by atoms with Crippen LogP contribution in [0.5, 0.6) is 0 Å². The highest BCUT2D eigenvalue weighted by Crippen LogP contribution is 2.28. The molecule has 0 N–H and O–H groups in total. The number of fused-ring (bicyclic) bond motifs is 1. The van der Waals surface area contributed by atoms with Gasteiger partial charge in [0.25, 0.3) is 5.22 Å². The largest absolute Gasteiger partial charge is 0.431 e. The number of hydrogen-bond acceptors (Lipinski definition) is 6. The molecule has 0 spiro atoms. The van der Waals surface area contributed by atoms with Crippen molar-refractivity contribution in [2.75, 3.05) is 18.1 Å². The van der Waals surface area contributed by atoms with E-state index in [2.05, 4.69) is 4.98 Å². The molecule has 2 unspecified atom stereocenters. The summed E-state index contributed by atoms with van der Waals surface area (Å²) >= 11 is 1.26. The van der Waals surface area contributed by atoms with E-state index in [0.717, 1.165) is 5.52 Å². The molecule has 1 aromatic heterocycles. The van der Waals surface area contributed by atoms with Gasteiger partial charge in [0.15, 0.2) is 15.4 Å². The van der Waals surface area contributed by atoms with Crippen molar-refractivity contribution in [1.29, 1.82) is 0 Å². The third-order valence-corrected chi connectivity index (χ3v) is 6.85. The molecule has 0 saturated carbocycles. The Morgan fingerprint density at radius 1 is 1.46 bits per heavy atom. The molecule has 1 fully saturated rings. The molecule has 1 aromatic carbocycles. The number of benzene rings is 1. The molecule has 8 heteroatoms. The minimum Gasteiger partial charge on any atom is -0.431 e. The first-order chi connectivity index (χ1) is 11.4. The maximum Gasteiger partial charge on any atom is 0.257 e. The first kappa shape index (κ1) is 17.3. The van der Waals surface area contributed by atoms with Gasteiger partial charge in [-0.25, -0.2) is 13.4 Å². The van der Waals surface area contributed by atoms with Crippen molar-refractivity contribution in [2.45, 2.75) is 36.8 Å². The number of hydrogen-bond donors (Lipinski definition) is 0. The molecule has 2 aromatic rings. The van der Waals surface area contributed by atoms with Crippen molar-refractivity contribution in [1.82, 2.24) is 9.88 Å². The van der Waals surface area contributed by atoms with Crippen molar-refractivity contribution in [3.05, 3.63) is 24.3 Å². The van der Waals surface area contributed by atoms with Crippen molar-refractivity contribution in [2.24, 2.45) is 0 Å². The number of amides is 1. The quantitative estimate of drug-likeness (QED) is 0.754. The average Bonchev–Trinajstić information content (AvgIpc) is 3.10. The fourth-order valence-corrected chi connectivity index (χ4v) is 5.51. The third kappa shape index (κ3) is 3.59. The molecule has 2 heterocycles. The highest BCUT2D eigenvalue weighted by Gasteiger charge is 2.35. The number of sulfone groups is 1. The van der Waals surface area contributed by atoms with Crippen molar-refractivity contribution in [3.63, 3.8) is 0 Å². The second-order valence-corrected chi connectivity index (χ2v) is 9.41. The monoisotopic (exact) mass is 368 g/mol. The van der Waals surface area contributed by atoms with Crippen molar-refractivity contribution < 1.29 is 17.6 Å². The predicted molar refractivity (Wildman–Crippen MR) is 93.8 cm³/mol. The van der Waals surface area contributed by atoms with Crippen LogP contribution >= 0.6 is 11.8 Å². The van der Waals surface area contributed by atoms with Gasteiger partial charge in [-0.2, -0.15) is 0 Å². The Balaban J connectivity index is 1.71. The van der Waals surface area contributed by atoms with Gasteiger partial charge in [-0.15, -0.1) is 0 Å². The molecular formula is C16H20N2O4S2. The molecule has 0 aliphatic carbocycles. The van der Waals surface area contributed by atoms with Crippen LogP contribution in [0.1, 0.15) is 20.3 Å². The summed E-state index contributed by atoms with van der Waals surface area (Å²) in [5.41, 5.74) is 1.45. The van der Waals surface area contributed by atoms with Gasteiger partial charge < -0.3 is 9.32 Å². The number of nitrogens with zero attached hydrogens (tertiary/aromatic N) is 2. The summed E-state index contributed by atoms with van der Waals surface area (Å²) in [4.78, 5) is 18.8. The number of carbonyl (C=O) groups excluding carboxylic acids is 1. The second kappa shape index (κ2) is 6.76. The Kier molecular flexibility index (Phi) is 4.87. The van der Waals surface area contributed by atoms with E-state index in [4.69, 9.17) is 4.42 Å². The van der Waals surface area contributed by atoms with Crippen LogP contribution in [0.15, 0.2) is 33.9 Å². The Morgan fingerprint density at radius 2 is 2.21 bits per heavy atom. The normalized spacial score (nSPS) is 21.0. The Morgan fingerprint density at radius 3 is 2.83 bits per heavy atom. The minimum absolute atomic E-state index is 0.0624. The molecule has 1 amide bonds. The van der Waals surface area contributed by atoms with Gasteiger partial charge in [0.05, 0.1) is 16.8 Å². The van der Waals surface area contributed by atoms with Crippen LogP contribution < -0.4 is 0 Å². The third-order valence-electron chi connectivity index (χ3n) is 4.17. The van der Waals surface area contributed by atoms with Crippen LogP contribution in [0.2, 0.25) is 0 Å². The summed E-state index contributed by atoms with van der Waals surface area (Å²) < 4.78 is 29.0. The molecule has 130 valence electrons. The first-order valence-corrected chi connectivity index (χ1v) is 10.6. The maximum absolute atomic E-state index is 12.7. The number of rotatable bonds is 5. The van der Waals surface area contributed by atoms with Crippen LogP contribution in [0.4, 0.5) is 0 Å². The van der Waals surface area contributed by atoms with E-state index in [-0.39, 0.29) is 28.7 Å². The zero-order valence-electron chi connectivity index (χ0n) is 13.6. The molecule has 2 atom stereocenters. The van der Waals surface area contributed by atoms with Gasteiger partial charge in [0.2, 0.25) is 5.91 Å². The fourth-order valence-electron chi connectivity index (χ4n) is 2.95. The SMILES string of the molecule is CCN(C(=O)C(C)Sc1nc2ccccc2o1)C1CCS(=O)(=O)C1. The van der Waals surface area contributed by atoms with Gasteiger partial charge in [-0.05, 0) is 32.4 Å². The molecule has 6 nitrogen and oxygen atoms in total. The lowest BCUT2D eigenvalue weighted by molar-refractivity contribution is -0.131. The topological polar surface area (TPSA) is 80.5 Å². The predicted octanol–water partition coefficient (Wildman–Crippen LogP) is 2.34. The van der Waals surface area contributed by atoms with E-state index in [1.807, 2.05) is 31.2 Å². The highest BCUT2D eigenvalue weighted by atomic mass is 32.2. The van der Waals surface area contributed by atoms with Crippen LogP contribution in [-0.2, 0) is 14.6 Å². The lowest BCUT2D eigenvalue weighted by Crippen LogP contribution is -2.44. The summed E-state index contributed by atoms with van der Waals surface area (Å²) in [6.07, 6.45) is 0.516. The number of thioether (sulfide) groups is 1. The Hall–Kier alpha value is -1.54. The van der Waals surface area contributed by atoms with Gasteiger partial charge in [0.1, 0.15) is 5.52 Å². The van der Waals surface area contributed by atoms with E-state index in [0.29, 0.717) is 23.8 Å². The lowest BCUT2D eigenvalue weighted by Gasteiger charge is -2.28. The minimum atomic E-state index is -3.02. The zero-order valence-corrected chi connectivity index (χ0v) is 15.3. The van der Waals surface area contributed by atoms with E-state index in [9.17, 15) is 13.2 Å². The van der Waals surface area contributed by atoms with Crippen molar-refractivity contribution >= 4 is 38.6 Å².